The van der Waals surface area contributed by atoms with E-state index < -0.39 is 10.0 Å². The quantitative estimate of drug-likeness (QED) is 0.719. The van der Waals surface area contributed by atoms with Crippen molar-refractivity contribution in [3.8, 4) is 17.1 Å². The Hall–Kier alpha value is -2.29. The van der Waals surface area contributed by atoms with Crippen LogP contribution in [0.1, 0.15) is 0 Å². The first kappa shape index (κ1) is 14.6. The molecule has 8 heteroatoms. The molecule has 0 bridgehead atoms. The van der Waals surface area contributed by atoms with Crippen molar-refractivity contribution >= 4 is 22.2 Å². The molecule has 3 N–H and O–H groups in total. The van der Waals surface area contributed by atoms with Gasteiger partial charge in [0.15, 0.2) is 10.6 Å². The highest BCUT2D eigenvalue weighted by atomic mass is 32.2. The van der Waals surface area contributed by atoms with Crippen molar-refractivity contribution in [2.24, 2.45) is 5.14 Å². The Bertz CT molecular complexity index is 958. The number of nitrogens with one attached hydrogen (secondary N) is 1. The zero-order valence-corrected chi connectivity index (χ0v) is 12.9. The van der Waals surface area contributed by atoms with Crippen molar-refractivity contribution in [2.75, 3.05) is 0 Å². The zero-order valence-electron chi connectivity index (χ0n) is 11.3. The van der Waals surface area contributed by atoms with E-state index in [4.69, 9.17) is 17.4 Å². The maximum absolute atomic E-state index is 11.3. The van der Waals surface area contributed by atoms with Crippen molar-refractivity contribution in [3.05, 3.63) is 59.4 Å². The van der Waals surface area contributed by atoms with E-state index in [1.165, 1.54) is 12.1 Å². The number of rotatable bonds is 3. The van der Waals surface area contributed by atoms with Gasteiger partial charge in [-0.3, -0.25) is 9.67 Å². The van der Waals surface area contributed by atoms with Gasteiger partial charge in [0.1, 0.15) is 0 Å². The third kappa shape index (κ3) is 2.71. The molecule has 0 atom stereocenters. The van der Waals surface area contributed by atoms with Gasteiger partial charge in [0, 0.05) is 5.56 Å². The van der Waals surface area contributed by atoms with E-state index in [1.54, 1.807) is 16.7 Å². The van der Waals surface area contributed by atoms with Crippen LogP contribution in [0.25, 0.3) is 17.1 Å². The first-order valence-electron chi connectivity index (χ1n) is 6.33. The van der Waals surface area contributed by atoms with Gasteiger partial charge in [0.25, 0.3) is 0 Å². The number of primary sulfonamides is 1. The summed E-state index contributed by atoms with van der Waals surface area (Å²) in [5.41, 5.74) is 1.59. The number of aromatic amines is 1. The van der Waals surface area contributed by atoms with Gasteiger partial charge in [-0.2, -0.15) is 5.10 Å². The Morgan fingerprint density at radius 2 is 1.68 bits per heavy atom. The molecule has 0 fully saturated rings. The SMILES string of the molecule is NS(=O)(=O)c1ccc(-n2c(-c3ccccc3)n[nH]c2=S)cc1. The fourth-order valence-corrected chi connectivity index (χ4v) is 2.86. The van der Waals surface area contributed by atoms with Crippen molar-refractivity contribution in [2.45, 2.75) is 4.90 Å². The molecule has 0 aliphatic heterocycles. The van der Waals surface area contributed by atoms with Crippen LogP contribution < -0.4 is 5.14 Å². The molecule has 112 valence electrons. The highest BCUT2D eigenvalue weighted by Gasteiger charge is 2.12. The molecule has 0 radical (unpaired) electrons. The topological polar surface area (TPSA) is 93.8 Å². The van der Waals surface area contributed by atoms with Crippen LogP contribution in [0.5, 0.6) is 0 Å². The molecule has 0 aliphatic rings. The van der Waals surface area contributed by atoms with Crippen LogP contribution in [0.4, 0.5) is 0 Å². The molecule has 0 saturated heterocycles. The molecule has 0 unspecified atom stereocenters. The number of nitrogens with two attached hydrogens (primary N) is 1. The largest absolute Gasteiger partial charge is 0.268 e. The standard InChI is InChI=1S/C14H12N4O2S2/c15-22(19,20)12-8-6-11(7-9-12)18-13(16-17-14(18)21)10-4-2-1-3-5-10/h1-9H,(H,17,21)(H2,15,19,20). The summed E-state index contributed by atoms with van der Waals surface area (Å²) in [6.45, 7) is 0. The maximum atomic E-state index is 11.3. The van der Waals surface area contributed by atoms with Crippen LogP contribution in [-0.2, 0) is 10.0 Å². The molecule has 3 aromatic rings. The summed E-state index contributed by atoms with van der Waals surface area (Å²) >= 11 is 5.26. The molecule has 1 heterocycles. The van der Waals surface area contributed by atoms with E-state index in [0.29, 0.717) is 16.3 Å². The maximum Gasteiger partial charge on any atom is 0.238 e. The van der Waals surface area contributed by atoms with Crippen LogP contribution >= 0.6 is 12.2 Å². The first-order valence-corrected chi connectivity index (χ1v) is 8.28. The van der Waals surface area contributed by atoms with Crippen LogP contribution in [0, 0.1) is 4.77 Å². The van der Waals surface area contributed by atoms with E-state index in [-0.39, 0.29) is 4.90 Å². The highest BCUT2D eigenvalue weighted by molar-refractivity contribution is 7.89. The Labute approximate surface area is 132 Å². The van der Waals surface area contributed by atoms with E-state index in [1.807, 2.05) is 30.3 Å². The second-order valence-corrected chi connectivity index (χ2v) is 6.54. The Morgan fingerprint density at radius 1 is 1.05 bits per heavy atom. The molecule has 0 saturated carbocycles. The minimum atomic E-state index is -3.72. The van der Waals surface area contributed by atoms with Crippen molar-refractivity contribution in [3.63, 3.8) is 0 Å². The van der Waals surface area contributed by atoms with Gasteiger partial charge < -0.3 is 0 Å². The molecule has 22 heavy (non-hydrogen) atoms. The second kappa shape index (κ2) is 5.48. The number of nitrogens with zero attached hydrogens (tertiary/aromatic N) is 2. The predicted molar refractivity (Wildman–Crippen MR) is 85.6 cm³/mol. The lowest BCUT2D eigenvalue weighted by molar-refractivity contribution is 0.598. The number of H-pyrrole nitrogens is 1. The van der Waals surface area contributed by atoms with Gasteiger partial charge in [-0.15, -0.1) is 0 Å². The van der Waals surface area contributed by atoms with Crippen molar-refractivity contribution < 1.29 is 8.42 Å². The van der Waals surface area contributed by atoms with Crippen molar-refractivity contribution in [1.82, 2.24) is 14.8 Å². The van der Waals surface area contributed by atoms with Gasteiger partial charge in [-0.05, 0) is 36.5 Å². The van der Waals surface area contributed by atoms with Crippen LogP contribution in [0.15, 0.2) is 59.5 Å². The second-order valence-electron chi connectivity index (χ2n) is 4.59. The molecule has 0 amide bonds. The molecular formula is C14H12N4O2S2. The van der Waals surface area contributed by atoms with E-state index in [9.17, 15) is 8.42 Å². The molecule has 6 nitrogen and oxygen atoms in total. The summed E-state index contributed by atoms with van der Waals surface area (Å²) in [5, 5.41) is 12.1. The average molecular weight is 332 g/mol. The van der Waals surface area contributed by atoms with Gasteiger partial charge in [0.2, 0.25) is 10.0 Å². The van der Waals surface area contributed by atoms with Gasteiger partial charge in [0.05, 0.1) is 10.6 Å². The van der Waals surface area contributed by atoms with Crippen LogP contribution in [0.3, 0.4) is 0 Å². The number of aromatic nitrogens is 3. The fourth-order valence-electron chi connectivity index (χ4n) is 2.10. The Morgan fingerprint density at radius 3 is 2.27 bits per heavy atom. The number of sulfonamides is 1. The predicted octanol–water partition coefficient (Wildman–Crippen LogP) is 2.24. The molecule has 1 aromatic heterocycles. The average Bonchev–Trinajstić information content (AvgIpc) is 2.89. The van der Waals surface area contributed by atoms with Crippen LogP contribution in [-0.4, -0.2) is 23.2 Å². The van der Waals surface area contributed by atoms with E-state index >= 15 is 0 Å². The normalized spacial score (nSPS) is 11.5. The summed E-state index contributed by atoms with van der Waals surface area (Å²) in [6, 6.07) is 15.7. The Balaban J connectivity index is 2.14. The monoisotopic (exact) mass is 332 g/mol. The van der Waals surface area contributed by atoms with Crippen molar-refractivity contribution in [1.29, 1.82) is 0 Å². The summed E-state index contributed by atoms with van der Waals surface area (Å²) in [4.78, 5) is 0.0486. The minimum absolute atomic E-state index is 0.0486. The van der Waals surface area contributed by atoms with E-state index in [0.717, 1.165) is 5.56 Å². The minimum Gasteiger partial charge on any atom is -0.268 e. The summed E-state index contributed by atoms with van der Waals surface area (Å²) < 4.78 is 24.8. The lowest BCUT2D eigenvalue weighted by Gasteiger charge is -2.07. The highest BCUT2D eigenvalue weighted by Crippen LogP contribution is 2.22. The zero-order chi connectivity index (χ0) is 15.7. The molecule has 0 aliphatic carbocycles. The fraction of sp³-hybridized carbons (Fsp3) is 0. The summed E-state index contributed by atoms with van der Waals surface area (Å²) in [6.07, 6.45) is 0. The molecule has 0 spiro atoms. The smallest absolute Gasteiger partial charge is 0.238 e. The Kier molecular flexibility index (Phi) is 3.65. The molecule has 2 aromatic carbocycles. The molecular weight excluding hydrogens is 320 g/mol. The first-order chi connectivity index (χ1) is 10.5. The van der Waals surface area contributed by atoms with Crippen LogP contribution in [0.2, 0.25) is 0 Å². The summed E-state index contributed by atoms with van der Waals surface area (Å²) in [7, 11) is -3.72. The lowest BCUT2D eigenvalue weighted by Crippen LogP contribution is -2.12. The van der Waals surface area contributed by atoms with E-state index in [2.05, 4.69) is 10.2 Å². The van der Waals surface area contributed by atoms with Gasteiger partial charge in [-0.1, -0.05) is 30.3 Å². The summed E-state index contributed by atoms with van der Waals surface area (Å²) in [5.74, 6) is 0.647. The van der Waals surface area contributed by atoms with Gasteiger partial charge >= 0.3 is 0 Å². The van der Waals surface area contributed by atoms with Gasteiger partial charge in [-0.25, -0.2) is 13.6 Å². The number of hydrogen-bond donors (Lipinski definition) is 2. The number of hydrogen-bond acceptors (Lipinski definition) is 4. The number of benzene rings is 2. The lowest BCUT2D eigenvalue weighted by atomic mass is 10.2. The third-order valence-corrected chi connectivity index (χ3v) is 4.33. The third-order valence-electron chi connectivity index (χ3n) is 3.13. The molecule has 3 rings (SSSR count).